The minimum absolute atomic E-state index is 0.0367. The van der Waals surface area contributed by atoms with Gasteiger partial charge >= 0.3 is 0 Å². The van der Waals surface area contributed by atoms with Crippen LogP contribution in [0.3, 0.4) is 0 Å². The van der Waals surface area contributed by atoms with E-state index in [1.807, 2.05) is 47.8 Å². The summed E-state index contributed by atoms with van der Waals surface area (Å²) in [5, 5.41) is 4.07. The first-order chi connectivity index (χ1) is 11.8. The van der Waals surface area contributed by atoms with Gasteiger partial charge in [-0.05, 0) is 46.2 Å². The van der Waals surface area contributed by atoms with Crippen LogP contribution in [0, 0.1) is 0 Å². The maximum atomic E-state index is 13.1. The Bertz CT molecular complexity index is 809. The standard InChI is InChI=1S/C19H16N2O2S/c22-19(18-10-15-4-1-2-6-17(15)23-18)21(12-14-7-9-24-13-14)16-5-3-8-20-11-16/h1-9,11,13,18H,10,12H2/t18-/m0/s1. The number of aromatic nitrogens is 1. The van der Waals surface area contributed by atoms with Crippen molar-refractivity contribution in [2.45, 2.75) is 19.1 Å². The molecule has 0 aliphatic carbocycles. The molecule has 4 nitrogen and oxygen atoms in total. The van der Waals surface area contributed by atoms with E-state index >= 15 is 0 Å². The van der Waals surface area contributed by atoms with Crippen molar-refractivity contribution in [3.8, 4) is 5.75 Å². The van der Waals surface area contributed by atoms with Gasteiger partial charge in [-0.2, -0.15) is 11.3 Å². The molecule has 5 heteroatoms. The molecule has 0 spiro atoms. The summed E-state index contributed by atoms with van der Waals surface area (Å²) in [7, 11) is 0. The fourth-order valence-electron chi connectivity index (χ4n) is 2.87. The SMILES string of the molecule is O=C([C@@H]1Cc2ccccc2O1)N(Cc1ccsc1)c1cccnc1. The van der Waals surface area contributed by atoms with Crippen LogP contribution in [0.2, 0.25) is 0 Å². The molecular weight excluding hydrogens is 320 g/mol. The molecule has 0 radical (unpaired) electrons. The zero-order valence-electron chi connectivity index (χ0n) is 13.0. The second-order valence-electron chi connectivity index (χ2n) is 5.69. The van der Waals surface area contributed by atoms with Gasteiger partial charge in [0.1, 0.15) is 5.75 Å². The van der Waals surface area contributed by atoms with Gasteiger partial charge < -0.3 is 9.64 Å². The molecule has 1 aliphatic rings. The molecule has 0 bridgehead atoms. The Labute approximate surface area is 144 Å². The number of carbonyl (C=O) groups is 1. The summed E-state index contributed by atoms with van der Waals surface area (Å²) in [5.74, 6) is 0.767. The maximum absolute atomic E-state index is 13.1. The van der Waals surface area contributed by atoms with E-state index in [4.69, 9.17) is 4.74 Å². The molecule has 0 unspecified atom stereocenters. The fourth-order valence-corrected chi connectivity index (χ4v) is 3.53. The van der Waals surface area contributed by atoms with Gasteiger partial charge in [0, 0.05) is 12.6 Å². The van der Waals surface area contributed by atoms with Crippen molar-refractivity contribution < 1.29 is 9.53 Å². The Balaban J connectivity index is 1.60. The third kappa shape index (κ3) is 2.90. The lowest BCUT2D eigenvalue weighted by atomic mass is 10.1. The number of hydrogen-bond donors (Lipinski definition) is 0. The number of rotatable bonds is 4. The lowest BCUT2D eigenvalue weighted by molar-refractivity contribution is -0.124. The number of carbonyl (C=O) groups excluding carboxylic acids is 1. The second-order valence-corrected chi connectivity index (χ2v) is 6.47. The molecular formula is C19H16N2O2S. The number of amides is 1. The van der Waals surface area contributed by atoms with Crippen LogP contribution >= 0.6 is 11.3 Å². The number of hydrogen-bond acceptors (Lipinski definition) is 4. The summed E-state index contributed by atoms with van der Waals surface area (Å²) < 4.78 is 5.88. The van der Waals surface area contributed by atoms with Crippen molar-refractivity contribution in [2.24, 2.45) is 0 Å². The van der Waals surface area contributed by atoms with Crippen LogP contribution in [-0.4, -0.2) is 17.0 Å². The molecule has 3 aromatic rings. The first kappa shape index (κ1) is 14.9. The van der Waals surface area contributed by atoms with E-state index in [2.05, 4.69) is 10.4 Å². The van der Waals surface area contributed by atoms with Crippen LogP contribution in [0.4, 0.5) is 5.69 Å². The minimum Gasteiger partial charge on any atom is -0.480 e. The normalized spacial score (nSPS) is 15.6. The molecule has 3 heterocycles. The fraction of sp³-hybridized carbons (Fsp3) is 0.158. The Kier molecular flexibility index (Phi) is 4.01. The van der Waals surface area contributed by atoms with Crippen LogP contribution in [0.15, 0.2) is 65.6 Å². The maximum Gasteiger partial charge on any atom is 0.268 e. The molecule has 1 aromatic carbocycles. The molecule has 0 fully saturated rings. The predicted octanol–water partition coefficient (Wildman–Crippen LogP) is 3.68. The van der Waals surface area contributed by atoms with E-state index in [1.165, 1.54) is 0 Å². The lowest BCUT2D eigenvalue weighted by Gasteiger charge is -2.25. The van der Waals surface area contributed by atoms with Gasteiger partial charge in [0.15, 0.2) is 6.10 Å². The van der Waals surface area contributed by atoms with Gasteiger partial charge in [-0.3, -0.25) is 9.78 Å². The highest BCUT2D eigenvalue weighted by molar-refractivity contribution is 7.07. The summed E-state index contributed by atoms with van der Waals surface area (Å²) in [5.41, 5.74) is 2.97. The molecule has 2 aromatic heterocycles. The first-order valence-corrected chi connectivity index (χ1v) is 8.72. The van der Waals surface area contributed by atoms with Crippen LogP contribution in [0.25, 0.3) is 0 Å². The number of ether oxygens (including phenoxy) is 1. The zero-order valence-corrected chi connectivity index (χ0v) is 13.8. The molecule has 1 aliphatic heterocycles. The largest absolute Gasteiger partial charge is 0.480 e. The van der Waals surface area contributed by atoms with E-state index in [-0.39, 0.29) is 5.91 Å². The molecule has 1 atom stereocenters. The summed E-state index contributed by atoms with van der Waals surface area (Å²) in [6.07, 6.45) is 3.54. The van der Waals surface area contributed by atoms with Crippen LogP contribution in [-0.2, 0) is 17.8 Å². The van der Waals surface area contributed by atoms with Gasteiger partial charge in [0.2, 0.25) is 0 Å². The lowest BCUT2D eigenvalue weighted by Crippen LogP contribution is -2.41. The number of benzene rings is 1. The third-order valence-electron chi connectivity index (χ3n) is 4.07. The number of para-hydroxylation sites is 1. The molecule has 1 amide bonds. The minimum atomic E-state index is -0.485. The van der Waals surface area contributed by atoms with E-state index in [9.17, 15) is 4.79 Å². The zero-order chi connectivity index (χ0) is 16.4. The van der Waals surface area contributed by atoms with Crippen molar-refractivity contribution in [1.82, 2.24) is 4.98 Å². The molecule has 120 valence electrons. The highest BCUT2D eigenvalue weighted by atomic mass is 32.1. The third-order valence-corrected chi connectivity index (χ3v) is 4.80. The second kappa shape index (κ2) is 6.45. The number of anilines is 1. The highest BCUT2D eigenvalue weighted by Crippen LogP contribution is 2.30. The van der Waals surface area contributed by atoms with Crippen LogP contribution in [0.5, 0.6) is 5.75 Å². The van der Waals surface area contributed by atoms with Gasteiger partial charge in [-0.15, -0.1) is 0 Å². The summed E-state index contributed by atoms with van der Waals surface area (Å²) in [4.78, 5) is 19.0. The van der Waals surface area contributed by atoms with Crippen molar-refractivity contribution in [2.75, 3.05) is 4.90 Å². The number of pyridine rings is 1. The number of thiophene rings is 1. The molecule has 0 N–H and O–H groups in total. The molecule has 0 saturated carbocycles. The molecule has 4 rings (SSSR count). The van der Waals surface area contributed by atoms with Crippen LogP contribution < -0.4 is 9.64 Å². The monoisotopic (exact) mass is 336 g/mol. The Morgan fingerprint density at radius 3 is 2.92 bits per heavy atom. The summed E-state index contributed by atoms with van der Waals surface area (Å²) in [6, 6.07) is 13.6. The van der Waals surface area contributed by atoms with E-state index in [1.54, 1.807) is 28.6 Å². The van der Waals surface area contributed by atoms with E-state index < -0.39 is 6.10 Å². The van der Waals surface area contributed by atoms with Crippen molar-refractivity contribution >= 4 is 22.9 Å². The Hall–Kier alpha value is -2.66. The number of nitrogens with zero attached hydrogens (tertiary/aromatic N) is 2. The van der Waals surface area contributed by atoms with Crippen molar-refractivity contribution in [1.29, 1.82) is 0 Å². The summed E-state index contributed by atoms with van der Waals surface area (Å²) >= 11 is 1.63. The van der Waals surface area contributed by atoms with Crippen LogP contribution in [0.1, 0.15) is 11.1 Å². The van der Waals surface area contributed by atoms with Gasteiger partial charge in [0.05, 0.1) is 18.4 Å². The van der Waals surface area contributed by atoms with Crippen molar-refractivity contribution in [3.05, 3.63) is 76.7 Å². The Morgan fingerprint density at radius 1 is 1.25 bits per heavy atom. The summed E-state index contributed by atoms with van der Waals surface area (Å²) in [6.45, 7) is 0.518. The van der Waals surface area contributed by atoms with Crippen molar-refractivity contribution in [3.63, 3.8) is 0 Å². The van der Waals surface area contributed by atoms with E-state index in [0.717, 1.165) is 22.6 Å². The Morgan fingerprint density at radius 2 is 2.17 bits per heavy atom. The number of fused-ring (bicyclic) bond motifs is 1. The van der Waals surface area contributed by atoms with E-state index in [0.29, 0.717) is 13.0 Å². The predicted molar refractivity (Wildman–Crippen MR) is 94.3 cm³/mol. The average Bonchev–Trinajstić information content (AvgIpc) is 3.29. The quantitative estimate of drug-likeness (QED) is 0.730. The average molecular weight is 336 g/mol. The molecule has 24 heavy (non-hydrogen) atoms. The van der Waals surface area contributed by atoms with Gasteiger partial charge in [-0.1, -0.05) is 18.2 Å². The highest BCUT2D eigenvalue weighted by Gasteiger charge is 2.33. The smallest absolute Gasteiger partial charge is 0.268 e. The molecule has 0 saturated heterocycles. The van der Waals surface area contributed by atoms with Gasteiger partial charge in [-0.25, -0.2) is 0 Å². The van der Waals surface area contributed by atoms with Gasteiger partial charge in [0.25, 0.3) is 5.91 Å². The topological polar surface area (TPSA) is 42.4 Å². The first-order valence-electron chi connectivity index (χ1n) is 7.78.